The zero-order valence-corrected chi connectivity index (χ0v) is 16.8. The molecule has 2 amide bonds. The van der Waals surface area contributed by atoms with Crippen LogP contribution >= 0.6 is 0 Å². The second-order valence-electron chi connectivity index (χ2n) is 6.82. The van der Waals surface area contributed by atoms with Gasteiger partial charge in [-0.05, 0) is 25.1 Å². The van der Waals surface area contributed by atoms with Crippen LogP contribution in [0.4, 0.5) is 0 Å². The van der Waals surface area contributed by atoms with E-state index in [4.69, 9.17) is 15.0 Å². The highest BCUT2D eigenvalue weighted by atomic mass is 16.5. The number of carbonyl (C=O) groups is 2. The van der Waals surface area contributed by atoms with Gasteiger partial charge in [0.25, 0.3) is 11.8 Å². The second kappa shape index (κ2) is 7.97. The average molecular weight is 421 g/mol. The summed E-state index contributed by atoms with van der Waals surface area (Å²) in [5.74, 6) is 5.80. The lowest BCUT2D eigenvalue weighted by Crippen LogP contribution is -2.26. The van der Waals surface area contributed by atoms with Crippen molar-refractivity contribution in [3.8, 4) is 29.0 Å². The van der Waals surface area contributed by atoms with Crippen LogP contribution in [0.1, 0.15) is 44.1 Å². The second-order valence-corrected chi connectivity index (χ2v) is 6.82. The molecule has 3 aromatic rings. The van der Waals surface area contributed by atoms with E-state index in [0.29, 0.717) is 40.7 Å². The molecule has 3 heterocycles. The molecule has 1 aromatic carbocycles. The number of rotatable bonds is 3. The van der Waals surface area contributed by atoms with E-state index in [1.807, 2.05) is 0 Å². The number of ether oxygens (including phenoxy) is 1. The summed E-state index contributed by atoms with van der Waals surface area (Å²) in [6.45, 7) is 2.30. The van der Waals surface area contributed by atoms with Crippen LogP contribution in [0.5, 0.6) is 5.75 Å². The number of amides is 2. The van der Waals surface area contributed by atoms with E-state index in [-0.39, 0.29) is 18.0 Å². The smallest absolute Gasteiger partial charge is 0.270 e. The van der Waals surface area contributed by atoms with Gasteiger partial charge in [0.1, 0.15) is 35.3 Å². The predicted octanol–water partition coefficient (Wildman–Crippen LogP) is 0.783. The minimum Gasteiger partial charge on any atom is -0.491 e. The number of fused-ring (bicyclic) bond motifs is 3. The van der Waals surface area contributed by atoms with Gasteiger partial charge in [-0.15, -0.1) is 0 Å². The van der Waals surface area contributed by atoms with Gasteiger partial charge in [0.05, 0.1) is 12.1 Å². The lowest BCUT2D eigenvalue weighted by atomic mass is 10.1. The van der Waals surface area contributed by atoms with E-state index in [0.717, 1.165) is 0 Å². The molecular formula is C21H19N5O5. The summed E-state index contributed by atoms with van der Waals surface area (Å²) in [5.41, 5.74) is 6.86. The molecule has 10 heteroatoms. The predicted molar refractivity (Wildman–Crippen MR) is 108 cm³/mol. The number of imidazole rings is 1. The number of hydrogen-bond acceptors (Lipinski definition) is 7. The molecule has 0 bridgehead atoms. The number of aromatic nitrogens is 3. The third-order valence-corrected chi connectivity index (χ3v) is 4.72. The van der Waals surface area contributed by atoms with Crippen LogP contribution in [0, 0.1) is 18.8 Å². The van der Waals surface area contributed by atoms with Crippen LogP contribution in [-0.4, -0.2) is 45.3 Å². The maximum absolute atomic E-state index is 12.4. The molecule has 0 unspecified atom stereocenters. The van der Waals surface area contributed by atoms with E-state index in [9.17, 15) is 14.7 Å². The number of primary amides is 1. The SMILES string of the molecule is CNC(=O)c1c(C(N)=O)nc2n1CCOc1ccc(C#C[C@@H](O)c3cc(C)on3)cc1-2. The van der Waals surface area contributed by atoms with Crippen molar-refractivity contribution in [3.05, 3.63) is 52.7 Å². The highest BCUT2D eigenvalue weighted by Crippen LogP contribution is 2.34. The highest BCUT2D eigenvalue weighted by molar-refractivity contribution is 6.05. The van der Waals surface area contributed by atoms with Crippen molar-refractivity contribution in [3.63, 3.8) is 0 Å². The molecule has 0 saturated heterocycles. The third-order valence-electron chi connectivity index (χ3n) is 4.72. The molecule has 0 fully saturated rings. The van der Waals surface area contributed by atoms with Gasteiger partial charge in [0.15, 0.2) is 11.8 Å². The molecule has 1 atom stereocenters. The molecule has 4 rings (SSSR count). The Kier molecular flexibility index (Phi) is 5.19. The summed E-state index contributed by atoms with van der Waals surface area (Å²) in [6, 6.07) is 6.78. The Labute approximate surface area is 177 Å². The van der Waals surface area contributed by atoms with Gasteiger partial charge in [-0.25, -0.2) is 4.98 Å². The molecule has 1 aliphatic rings. The number of carbonyl (C=O) groups excluding carboxylic acids is 2. The van der Waals surface area contributed by atoms with Gasteiger partial charge in [0.2, 0.25) is 0 Å². The van der Waals surface area contributed by atoms with Crippen molar-refractivity contribution >= 4 is 11.8 Å². The minimum atomic E-state index is -1.11. The van der Waals surface area contributed by atoms with E-state index < -0.39 is 17.9 Å². The van der Waals surface area contributed by atoms with Crippen LogP contribution in [0.15, 0.2) is 28.8 Å². The first-order valence-electron chi connectivity index (χ1n) is 9.41. The monoisotopic (exact) mass is 421 g/mol. The molecule has 4 N–H and O–H groups in total. The molecule has 1 aliphatic heterocycles. The number of aliphatic hydroxyl groups is 1. The van der Waals surface area contributed by atoms with Crippen LogP contribution in [0.2, 0.25) is 0 Å². The van der Waals surface area contributed by atoms with Crippen molar-refractivity contribution in [1.29, 1.82) is 0 Å². The topological polar surface area (TPSA) is 146 Å². The summed E-state index contributed by atoms with van der Waals surface area (Å²) in [7, 11) is 1.46. The zero-order valence-electron chi connectivity index (χ0n) is 16.8. The number of nitrogens with two attached hydrogens (primary N) is 1. The van der Waals surface area contributed by atoms with Gasteiger partial charge in [-0.2, -0.15) is 0 Å². The number of hydrogen-bond donors (Lipinski definition) is 3. The quantitative estimate of drug-likeness (QED) is 0.530. The number of aliphatic hydroxyl groups excluding tert-OH is 1. The minimum absolute atomic E-state index is 0.0785. The van der Waals surface area contributed by atoms with Gasteiger partial charge in [0, 0.05) is 18.7 Å². The van der Waals surface area contributed by atoms with Crippen molar-refractivity contribution < 1.29 is 24.0 Å². The van der Waals surface area contributed by atoms with Crippen molar-refractivity contribution in [2.24, 2.45) is 5.73 Å². The normalized spacial score (nSPS) is 13.0. The maximum atomic E-state index is 12.4. The fourth-order valence-corrected chi connectivity index (χ4v) is 3.29. The summed E-state index contributed by atoms with van der Waals surface area (Å²) < 4.78 is 12.3. The summed E-state index contributed by atoms with van der Waals surface area (Å²) in [6.07, 6.45) is -1.11. The fraction of sp³-hybridized carbons (Fsp3) is 0.238. The van der Waals surface area contributed by atoms with Crippen LogP contribution in [0.25, 0.3) is 11.4 Å². The molecule has 0 radical (unpaired) electrons. The Morgan fingerprint density at radius 3 is 2.84 bits per heavy atom. The zero-order chi connectivity index (χ0) is 22.1. The maximum Gasteiger partial charge on any atom is 0.270 e. The lowest BCUT2D eigenvalue weighted by molar-refractivity contribution is 0.0933. The Morgan fingerprint density at radius 2 is 2.16 bits per heavy atom. The van der Waals surface area contributed by atoms with E-state index in [2.05, 4.69) is 27.3 Å². The summed E-state index contributed by atoms with van der Waals surface area (Å²) in [4.78, 5) is 28.6. The first-order chi connectivity index (χ1) is 14.9. The van der Waals surface area contributed by atoms with Crippen LogP contribution in [-0.2, 0) is 6.54 Å². The number of nitrogens with one attached hydrogen (secondary N) is 1. The summed E-state index contributed by atoms with van der Waals surface area (Å²) in [5, 5.41) is 16.5. The van der Waals surface area contributed by atoms with Crippen LogP contribution < -0.4 is 15.8 Å². The van der Waals surface area contributed by atoms with Crippen LogP contribution in [0.3, 0.4) is 0 Å². The first kappa shape index (κ1) is 20.2. The van der Waals surface area contributed by atoms with Crippen molar-refractivity contribution in [2.75, 3.05) is 13.7 Å². The molecule has 10 nitrogen and oxygen atoms in total. The van der Waals surface area contributed by atoms with Crippen molar-refractivity contribution in [2.45, 2.75) is 19.6 Å². The molecule has 2 aromatic heterocycles. The fourth-order valence-electron chi connectivity index (χ4n) is 3.29. The van der Waals surface area contributed by atoms with Gasteiger partial charge >= 0.3 is 0 Å². The first-order valence-corrected chi connectivity index (χ1v) is 9.41. The Bertz CT molecular complexity index is 1250. The summed E-state index contributed by atoms with van der Waals surface area (Å²) >= 11 is 0. The van der Waals surface area contributed by atoms with Crippen molar-refractivity contribution in [1.82, 2.24) is 20.0 Å². The van der Waals surface area contributed by atoms with Gasteiger partial charge in [-0.3, -0.25) is 9.59 Å². The number of aryl methyl sites for hydroxylation is 1. The van der Waals surface area contributed by atoms with E-state index >= 15 is 0 Å². The van der Waals surface area contributed by atoms with Gasteiger partial charge < -0.3 is 30.0 Å². The van der Waals surface area contributed by atoms with E-state index in [1.165, 1.54) is 7.05 Å². The number of nitrogens with zero attached hydrogens (tertiary/aromatic N) is 3. The molecule has 158 valence electrons. The molecule has 31 heavy (non-hydrogen) atoms. The lowest BCUT2D eigenvalue weighted by Gasteiger charge is -2.07. The Hall–Kier alpha value is -4.10. The molecular weight excluding hydrogens is 402 g/mol. The van der Waals surface area contributed by atoms with Gasteiger partial charge in [-0.1, -0.05) is 17.0 Å². The largest absolute Gasteiger partial charge is 0.491 e. The Balaban J connectivity index is 1.78. The third kappa shape index (κ3) is 3.74. The van der Waals surface area contributed by atoms with E-state index in [1.54, 1.807) is 35.8 Å². The molecule has 0 aliphatic carbocycles. The molecule has 0 saturated carbocycles. The molecule has 0 spiro atoms. The highest BCUT2D eigenvalue weighted by Gasteiger charge is 2.29. The Morgan fingerprint density at radius 1 is 1.35 bits per heavy atom. The average Bonchev–Trinajstić information content (AvgIpc) is 3.31. The standard InChI is InChI=1S/C21H19N5O5/c1-11-9-14(25-31-11)15(27)5-3-12-4-6-16-13(10-12)20-24-17(19(22)28)18(21(29)23-2)26(20)7-8-30-16/h4,6,9-10,15,27H,7-8H2,1-2H3,(H2,22,28)(H,23,29)/t15-/m1/s1. The number of benzene rings is 1.